The second-order valence-corrected chi connectivity index (χ2v) is 6.51. The molecule has 2 rings (SSSR count). The Morgan fingerprint density at radius 2 is 1.58 bits per heavy atom. The highest BCUT2D eigenvalue weighted by Gasteiger charge is 2.35. The molecule has 0 atom stereocenters. The van der Waals surface area contributed by atoms with Crippen molar-refractivity contribution in [2.75, 3.05) is 11.9 Å². The molecule has 0 saturated carbocycles. The number of halogens is 1. The SMILES string of the molecule is CC(C)(C(=O)NCCc1ccccc1)C(=O)Nc1ccc(Cl)cc1. The number of rotatable bonds is 6. The quantitative estimate of drug-likeness (QED) is 0.786. The predicted molar refractivity (Wildman–Crippen MR) is 97.0 cm³/mol. The van der Waals surface area contributed by atoms with Crippen molar-refractivity contribution in [2.24, 2.45) is 5.41 Å². The summed E-state index contributed by atoms with van der Waals surface area (Å²) in [7, 11) is 0. The molecule has 0 aliphatic rings. The molecule has 2 aromatic carbocycles. The lowest BCUT2D eigenvalue weighted by molar-refractivity contribution is -0.138. The molecule has 0 aliphatic carbocycles. The highest BCUT2D eigenvalue weighted by molar-refractivity contribution is 6.30. The Labute approximate surface area is 147 Å². The predicted octanol–water partition coefficient (Wildman–Crippen LogP) is 3.66. The number of benzene rings is 2. The van der Waals surface area contributed by atoms with E-state index in [0.717, 1.165) is 12.0 Å². The zero-order valence-electron chi connectivity index (χ0n) is 13.8. The van der Waals surface area contributed by atoms with Gasteiger partial charge >= 0.3 is 0 Å². The van der Waals surface area contributed by atoms with Gasteiger partial charge in [0, 0.05) is 17.3 Å². The van der Waals surface area contributed by atoms with Crippen LogP contribution >= 0.6 is 11.6 Å². The van der Waals surface area contributed by atoms with E-state index in [1.165, 1.54) is 0 Å². The minimum Gasteiger partial charge on any atom is -0.355 e. The van der Waals surface area contributed by atoms with Gasteiger partial charge in [-0.1, -0.05) is 41.9 Å². The Morgan fingerprint density at radius 1 is 0.958 bits per heavy atom. The van der Waals surface area contributed by atoms with Gasteiger partial charge in [-0.05, 0) is 50.1 Å². The third-order valence-corrected chi connectivity index (χ3v) is 4.03. The molecule has 0 saturated heterocycles. The lowest BCUT2D eigenvalue weighted by atomic mass is 9.91. The van der Waals surface area contributed by atoms with Crippen LogP contribution in [0.2, 0.25) is 5.02 Å². The van der Waals surface area contributed by atoms with E-state index in [9.17, 15) is 9.59 Å². The Morgan fingerprint density at radius 3 is 2.21 bits per heavy atom. The van der Waals surface area contributed by atoms with Crippen molar-refractivity contribution < 1.29 is 9.59 Å². The van der Waals surface area contributed by atoms with Crippen LogP contribution in [0.4, 0.5) is 5.69 Å². The van der Waals surface area contributed by atoms with Gasteiger partial charge in [0.2, 0.25) is 11.8 Å². The second-order valence-electron chi connectivity index (χ2n) is 6.08. The average Bonchev–Trinajstić information content (AvgIpc) is 2.57. The van der Waals surface area contributed by atoms with E-state index in [1.54, 1.807) is 38.1 Å². The highest BCUT2D eigenvalue weighted by atomic mass is 35.5. The normalized spacial score (nSPS) is 11.0. The van der Waals surface area contributed by atoms with E-state index in [4.69, 9.17) is 11.6 Å². The molecule has 0 heterocycles. The van der Waals surface area contributed by atoms with Gasteiger partial charge in [0.25, 0.3) is 0 Å². The first-order chi connectivity index (χ1) is 11.4. The van der Waals surface area contributed by atoms with Crippen molar-refractivity contribution in [2.45, 2.75) is 20.3 Å². The fourth-order valence-corrected chi connectivity index (χ4v) is 2.24. The summed E-state index contributed by atoms with van der Waals surface area (Å²) in [5.41, 5.74) is 0.576. The standard InChI is InChI=1S/C19H21ClN2O2/c1-19(2,18(24)22-16-10-8-15(20)9-11-16)17(23)21-13-12-14-6-4-3-5-7-14/h3-11H,12-13H2,1-2H3,(H,21,23)(H,22,24). The third kappa shape index (κ3) is 4.83. The number of hydrogen-bond donors (Lipinski definition) is 2. The first-order valence-corrected chi connectivity index (χ1v) is 8.16. The van der Waals surface area contributed by atoms with Gasteiger partial charge in [0.15, 0.2) is 0 Å². The van der Waals surface area contributed by atoms with Crippen molar-refractivity contribution in [1.82, 2.24) is 5.32 Å². The maximum atomic E-state index is 12.4. The topological polar surface area (TPSA) is 58.2 Å². The molecule has 0 unspecified atom stereocenters. The number of carbonyl (C=O) groups excluding carboxylic acids is 2. The summed E-state index contributed by atoms with van der Waals surface area (Å²) < 4.78 is 0. The number of amides is 2. The summed E-state index contributed by atoms with van der Waals surface area (Å²) in [5.74, 6) is -0.660. The first-order valence-electron chi connectivity index (χ1n) is 7.79. The van der Waals surface area contributed by atoms with Gasteiger partial charge in [-0.15, -0.1) is 0 Å². The van der Waals surface area contributed by atoms with E-state index in [-0.39, 0.29) is 11.8 Å². The van der Waals surface area contributed by atoms with Crippen LogP contribution in [0.3, 0.4) is 0 Å². The summed E-state index contributed by atoms with van der Waals surface area (Å²) in [5, 5.41) is 6.16. The molecule has 2 aromatic rings. The number of carbonyl (C=O) groups is 2. The Kier molecular flexibility index (Phi) is 5.99. The molecule has 0 aromatic heterocycles. The molecule has 4 nitrogen and oxygen atoms in total. The van der Waals surface area contributed by atoms with Crippen LogP contribution in [0.5, 0.6) is 0 Å². The summed E-state index contributed by atoms with van der Waals surface area (Å²) in [4.78, 5) is 24.7. The Hall–Kier alpha value is -2.33. The van der Waals surface area contributed by atoms with E-state index in [2.05, 4.69) is 10.6 Å². The molecule has 0 bridgehead atoms. The molecule has 0 spiro atoms. The van der Waals surface area contributed by atoms with Crippen LogP contribution < -0.4 is 10.6 Å². The molecule has 126 valence electrons. The number of hydrogen-bond acceptors (Lipinski definition) is 2. The fraction of sp³-hybridized carbons (Fsp3) is 0.263. The first kappa shape index (κ1) is 18.0. The van der Waals surface area contributed by atoms with E-state index >= 15 is 0 Å². The highest BCUT2D eigenvalue weighted by Crippen LogP contribution is 2.20. The van der Waals surface area contributed by atoms with Gasteiger partial charge < -0.3 is 10.6 Å². The molecule has 24 heavy (non-hydrogen) atoms. The lowest BCUT2D eigenvalue weighted by Crippen LogP contribution is -2.45. The molecule has 0 fully saturated rings. The van der Waals surface area contributed by atoms with Gasteiger partial charge in [-0.2, -0.15) is 0 Å². The minimum atomic E-state index is -1.17. The second kappa shape index (κ2) is 7.97. The summed E-state index contributed by atoms with van der Waals surface area (Å²) in [6, 6.07) is 16.6. The summed E-state index contributed by atoms with van der Waals surface area (Å²) in [6.07, 6.45) is 0.724. The summed E-state index contributed by atoms with van der Waals surface area (Å²) >= 11 is 5.82. The smallest absolute Gasteiger partial charge is 0.239 e. The monoisotopic (exact) mass is 344 g/mol. The number of nitrogens with one attached hydrogen (secondary N) is 2. The largest absolute Gasteiger partial charge is 0.355 e. The van der Waals surface area contributed by atoms with Crippen LogP contribution in [0.25, 0.3) is 0 Å². The molecular formula is C19H21ClN2O2. The minimum absolute atomic E-state index is 0.301. The Balaban J connectivity index is 1.89. The maximum absolute atomic E-state index is 12.4. The average molecular weight is 345 g/mol. The lowest BCUT2D eigenvalue weighted by Gasteiger charge is -2.22. The third-order valence-electron chi connectivity index (χ3n) is 3.78. The van der Waals surface area contributed by atoms with Crippen molar-refractivity contribution in [3.8, 4) is 0 Å². The van der Waals surface area contributed by atoms with E-state index < -0.39 is 5.41 Å². The van der Waals surface area contributed by atoms with Gasteiger partial charge in [0.05, 0.1) is 0 Å². The molecule has 2 N–H and O–H groups in total. The van der Waals surface area contributed by atoms with Crippen molar-refractivity contribution in [3.05, 3.63) is 65.2 Å². The van der Waals surface area contributed by atoms with Crippen molar-refractivity contribution in [1.29, 1.82) is 0 Å². The number of anilines is 1. The van der Waals surface area contributed by atoms with Crippen molar-refractivity contribution >= 4 is 29.1 Å². The zero-order valence-corrected chi connectivity index (χ0v) is 14.6. The van der Waals surface area contributed by atoms with Crippen LogP contribution in [0, 0.1) is 5.41 Å². The molecule has 2 amide bonds. The maximum Gasteiger partial charge on any atom is 0.239 e. The van der Waals surface area contributed by atoms with E-state index in [0.29, 0.717) is 17.3 Å². The fourth-order valence-electron chi connectivity index (χ4n) is 2.11. The van der Waals surface area contributed by atoms with Crippen LogP contribution in [-0.4, -0.2) is 18.4 Å². The molecular weight excluding hydrogens is 324 g/mol. The van der Waals surface area contributed by atoms with E-state index in [1.807, 2.05) is 30.3 Å². The van der Waals surface area contributed by atoms with Crippen LogP contribution in [0.1, 0.15) is 19.4 Å². The van der Waals surface area contributed by atoms with Crippen molar-refractivity contribution in [3.63, 3.8) is 0 Å². The van der Waals surface area contributed by atoms with Crippen LogP contribution in [-0.2, 0) is 16.0 Å². The molecule has 0 radical (unpaired) electrons. The van der Waals surface area contributed by atoms with Gasteiger partial charge in [-0.3, -0.25) is 9.59 Å². The van der Waals surface area contributed by atoms with Gasteiger partial charge in [0.1, 0.15) is 5.41 Å². The summed E-state index contributed by atoms with van der Waals surface area (Å²) in [6.45, 7) is 3.70. The molecule has 5 heteroatoms. The van der Waals surface area contributed by atoms with Gasteiger partial charge in [-0.25, -0.2) is 0 Å². The zero-order chi connectivity index (χ0) is 17.6. The molecule has 0 aliphatic heterocycles. The van der Waals surface area contributed by atoms with Crippen LogP contribution in [0.15, 0.2) is 54.6 Å². The Bertz CT molecular complexity index is 697.